The van der Waals surface area contributed by atoms with Crippen molar-refractivity contribution in [1.82, 2.24) is 0 Å². The minimum atomic E-state index is -0.804. The van der Waals surface area contributed by atoms with Gasteiger partial charge >= 0.3 is 57.4 Å². The van der Waals surface area contributed by atoms with Gasteiger partial charge in [0, 0.05) is 6.42 Å². The van der Waals surface area contributed by atoms with Crippen LogP contribution in [0.3, 0.4) is 0 Å². The molecule has 3 atom stereocenters. The zero-order valence-electron chi connectivity index (χ0n) is 8.86. The molecule has 1 fully saturated rings. The quantitative estimate of drug-likeness (QED) is 0.488. The summed E-state index contributed by atoms with van der Waals surface area (Å²) in [6.07, 6.45) is -0.561. The molecule has 0 aromatic rings. The van der Waals surface area contributed by atoms with Crippen molar-refractivity contribution < 1.29 is 19.7 Å². The van der Waals surface area contributed by atoms with E-state index < -0.39 is 29.5 Å². The second-order valence-corrected chi connectivity index (χ2v) is 4.65. The summed E-state index contributed by atoms with van der Waals surface area (Å²) in [6.45, 7) is 3.72. The average molecular weight is 242 g/mol. The Bertz CT molecular complexity index is 229. The van der Waals surface area contributed by atoms with E-state index in [0.717, 1.165) is 0 Å². The van der Waals surface area contributed by atoms with Crippen LogP contribution in [-0.4, -0.2) is 86.9 Å². The standard InChI is InChI=1S/C10H18O4.K.H/c1-10(2)5-6(11)4-7(12)8(10)9(13)14-3;;/h6-8,11-12H,4-5H2,1-3H3;;. The molecule has 84 valence electrons. The zero-order valence-corrected chi connectivity index (χ0v) is 8.86. The summed E-state index contributed by atoms with van der Waals surface area (Å²) in [5.41, 5.74) is -0.413. The van der Waals surface area contributed by atoms with Crippen molar-refractivity contribution in [3.8, 4) is 0 Å². The Morgan fingerprint density at radius 1 is 1.40 bits per heavy atom. The van der Waals surface area contributed by atoms with Crippen molar-refractivity contribution in [1.29, 1.82) is 0 Å². The normalized spacial score (nSPS) is 34.1. The van der Waals surface area contributed by atoms with Crippen LogP contribution < -0.4 is 0 Å². The molecule has 0 spiro atoms. The van der Waals surface area contributed by atoms with Gasteiger partial charge in [-0.25, -0.2) is 0 Å². The Balaban J connectivity index is 0.00000196. The number of carbonyl (C=O) groups is 1. The topological polar surface area (TPSA) is 66.8 Å². The first-order valence-electron chi connectivity index (χ1n) is 4.82. The van der Waals surface area contributed by atoms with Crippen molar-refractivity contribution in [2.75, 3.05) is 7.11 Å². The molecule has 0 heterocycles. The fourth-order valence-electron chi connectivity index (χ4n) is 2.36. The molecular formula is C10H19KO4. The number of esters is 1. The molecule has 0 aromatic heterocycles. The summed E-state index contributed by atoms with van der Waals surface area (Å²) in [5, 5.41) is 19.2. The molecule has 0 bridgehead atoms. The molecule has 1 saturated carbocycles. The van der Waals surface area contributed by atoms with Crippen LogP contribution in [-0.2, 0) is 9.53 Å². The summed E-state index contributed by atoms with van der Waals surface area (Å²) in [6, 6.07) is 0. The Morgan fingerprint density at radius 2 is 1.93 bits per heavy atom. The number of aliphatic hydroxyl groups is 2. The van der Waals surface area contributed by atoms with Crippen LogP contribution >= 0.6 is 0 Å². The molecule has 15 heavy (non-hydrogen) atoms. The Hall–Kier alpha value is 1.03. The number of carbonyl (C=O) groups excluding carboxylic acids is 1. The molecule has 1 aliphatic rings. The van der Waals surface area contributed by atoms with Gasteiger partial charge in [0.2, 0.25) is 0 Å². The van der Waals surface area contributed by atoms with Gasteiger partial charge in [-0.15, -0.1) is 0 Å². The second-order valence-electron chi connectivity index (χ2n) is 4.65. The predicted molar refractivity (Wildman–Crippen MR) is 57.7 cm³/mol. The van der Waals surface area contributed by atoms with E-state index in [9.17, 15) is 15.0 Å². The van der Waals surface area contributed by atoms with Crippen LogP contribution in [0.2, 0.25) is 0 Å². The SMILES string of the molecule is COC(=O)C1C(O)CC(O)CC1(C)C.[KH]. The van der Waals surface area contributed by atoms with Gasteiger partial charge in [0.05, 0.1) is 25.2 Å². The Labute approximate surface area is 133 Å². The van der Waals surface area contributed by atoms with Gasteiger partial charge in [-0.2, -0.15) is 0 Å². The van der Waals surface area contributed by atoms with Crippen LogP contribution in [0.4, 0.5) is 0 Å². The second kappa shape index (κ2) is 6.09. The number of methoxy groups -OCH3 is 1. The molecule has 1 rings (SSSR count). The first-order valence-corrected chi connectivity index (χ1v) is 4.82. The summed E-state index contributed by atoms with van der Waals surface area (Å²) in [5.74, 6) is -0.926. The van der Waals surface area contributed by atoms with E-state index in [0.29, 0.717) is 6.42 Å². The van der Waals surface area contributed by atoms with Crippen molar-refractivity contribution in [3.05, 3.63) is 0 Å². The zero-order chi connectivity index (χ0) is 10.9. The maximum absolute atomic E-state index is 11.4. The first-order chi connectivity index (χ1) is 6.38. The number of aliphatic hydroxyl groups excluding tert-OH is 2. The molecule has 0 saturated heterocycles. The summed E-state index contributed by atoms with van der Waals surface area (Å²) >= 11 is 0. The molecule has 0 aliphatic heterocycles. The van der Waals surface area contributed by atoms with Crippen LogP contribution in [0, 0.1) is 11.3 Å². The van der Waals surface area contributed by atoms with Gasteiger partial charge in [0.1, 0.15) is 0 Å². The van der Waals surface area contributed by atoms with E-state index >= 15 is 0 Å². The molecule has 0 amide bonds. The van der Waals surface area contributed by atoms with Crippen LogP contribution in [0.5, 0.6) is 0 Å². The van der Waals surface area contributed by atoms with Gasteiger partial charge in [-0.1, -0.05) is 13.8 Å². The van der Waals surface area contributed by atoms with Gasteiger partial charge in [0.25, 0.3) is 0 Å². The average Bonchev–Trinajstić information content (AvgIpc) is 1.99. The number of hydrogen-bond donors (Lipinski definition) is 2. The predicted octanol–water partition coefficient (Wildman–Crippen LogP) is -0.331. The Kier molecular flexibility index (Phi) is 6.51. The van der Waals surface area contributed by atoms with E-state index in [1.54, 1.807) is 0 Å². The minimum absolute atomic E-state index is 0. The number of rotatable bonds is 1. The maximum atomic E-state index is 11.4. The summed E-state index contributed by atoms with van der Waals surface area (Å²) in [4.78, 5) is 11.4. The first kappa shape index (κ1) is 16.0. The molecule has 5 heteroatoms. The fourth-order valence-corrected chi connectivity index (χ4v) is 2.36. The van der Waals surface area contributed by atoms with Crippen molar-refractivity contribution in [2.45, 2.75) is 38.9 Å². The third-order valence-corrected chi connectivity index (χ3v) is 2.96. The molecule has 3 unspecified atom stereocenters. The van der Waals surface area contributed by atoms with Crippen LogP contribution in [0.1, 0.15) is 26.7 Å². The molecular weight excluding hydrogens is 223 g/mol. The van der Waals surface area contributed by atoms with E-state index in [-0.39, 0.29) is 57.8 Å². The third kappa shape index (κ3) is 3.76. The third-order valence-electron chi connectivity index (χ3n) is 2.96. The van der Waals surface area contributed by atoms with E-state index in [1.807, 2.05) is 13.8 Å². The molecule has 2 N–H and O–H groups in total. The van der Waals surface area contributed by atoms with Crippen molar-refractivity contribution in [3.63, 3.8) is 0 Å². The molecule has 0 radical (unpaired) electrons. The van der Waals surface area contributed by atoms with Crippen molar-refractivity contribution >= 4 is 57.4 Å². The van der Waals surface area contributed by atoms with E-state index in [4.69, 9.17) is 0 Å². The molecule has 0 aromatic carbocycles. The van der Waals surface area contributed by atoms with E-state index in [1.165, 1.54) is 7.11 Å². The fraction of sp³-hybridized carbons (Fsp3) is 0.900. The van der Waals surface area contributed by atoms with Gasteiger partial charge in [-0.3, -0.25) is 4.79 Å². The van der Waals surface area contributed by atoms with Crippen LogP contribution in [0.25, 0.3) is 0 Å². The summed E-state index contributed by atoms with van der Waals surface area (Å²) < 4.78 is 4.65. The summed E-state index contributed by atoms with van der Waals surface area (Å²) in [7, 11) is 1.32. The number of ether oxygens (including phenoxy) is 1. The van der Waals surface area contributed by atoms with Gasteiger partial charge in [-0.05, 0) is 11.8 Å². The Morgan fingerprint density at radius 3 is 2.33 bits per heavy atom. The van der Waals surface area contributed by atoms with E-state index in [2.05, 4.69) is 4.74 Å². The van der Waals surface area contributed by atoms with Gasteiger partial charge < -0.3 is 14.9 Å². The molecule has 4 nitrogen and oxygen atoms in total. The van der Waals surface area contributed by atoms with Crippen LogP contribution in [0.15, 0.2) is 0 Å². The number of hydrogen-bond acceptors (Lipinski definition) is 4. The van der Waals surface area contributed by atoms with Gasteiger partial charge in [0.15, 0.2) is 0 Å². The molecule has 1 aliphatic carbocycles. The van der Waals surface area contributed by atoms with Crippen molar-refractivity contribution in [2.24, 2.45) is 11.3 Å². The monoisotopic (exact) mass is 242 g/mol.